The average molecular weight is 311 g/mol. The van der Waals surface area contributed by atoms with Crippen molar-refractivity contribution in [3.05, 3.63) is 41.9 Å². The number of carbonyl (C=O) groups is 2. The highest BCUT2D eigenvalue weighted by atomic mass is 35.5. The fraction of sp³-hybridized carbons (Fsp3) is 0.333. The molecule has 0 radical (unpaired) electrons. The quantitative estimate of drug-likeness (QED) is 0.621. The standard InChI is InChI=1S/C15H19ClN2O3/c1-3-10-18(11-9-14(19)21-4-2)15(20)17-13-7-5-12(16)6-8-13/h3,5-8H,1,4,9-11H2,2H3,(H,17,20). The van der Waals surface area contributed by atoms with Crippen molar-refractivity contribution < 1.29 is 14.3 Å². The molecule has 0 fully saturated rings. The Bertz CT molecular complexity index is 488. The van der Waals surface area contributed by atoms with Crippen molar-refractivity contribution in [2.45, 2.75) is 13.3 Å². The van der Waals surface area contributed by atoms with Crippen LogP contribution in [0.4, 0.5) is 10.5 Å². The molecule has 0 saturated carbocycles. The van der Waals surface area contributed by atoms with Crippen molar-refractivity contribution in [3.8, 4) is 0 Å². The highest BCUT2D eigenvalue weighted by Gasteiger charge is 2.14. The molecular weight excluding hydrogens is 292 g/mol. The van der Waals surface area contributed by atoms with Gasteiger partial charge in [0, 0.05) is 23.8 Å². The maximum absolute atomic E-state index is 12.1. The van der Waals surface area contributed by atoms with Crippen molar-refractivity contribution in [2.75, 3.05) is 25.0 Å². The van der Waals surface area contributed by atoms with Crippen LogP contribution in [0.1, 0.15) is 13.3 Å². The zero-order valence-electron chi connectivity index (χ0n) is 12.0. The van der Waals surface area contributed by atoms with Gasteiger partial charge >= 0.3 is 12.0 Å². The lowest BCUT2D eigenvalue weighted by molar-refractivity contribution is -0.143. The second-order valence-corrected chi connectivity index (χ2v) is 4.66. The molecule has 114 valence electrons. The van der Waals surface area contributed by atoms with Crippen LogP contribution < -0.4 is 5.32 Å². The fourth-order valence-electron chi connectivity index (χ4n) is 1.63. The number of amides is 2. The number of nitrogens with one attached hydrogen (secondary N) is 1. The average Bonchev–Trinajstić information content (AvgIpc) is 2.46. The second kappa shape index (κ2) is 9.02. The molecule has 0 saturated heterocycles. The van der Waals surface area contributed by atoms with Crippen LogP contribution in [0.5, 0.6) is 0 Å². The summed E-state index contributed by atoms with van der Waals surface area (Å²) >= 11 is 5.79. The smallest absolute Gasteiger partial charge is 0.322 e. The van der Waals surface area contributed by atoms with Crippen LogP contribution in [0, 0.1) is 0 Å². The van der Waals surface area contributed by atoms with Gasteiger partial charge < -0.3 is 15.0 Å². The lowest BCUT2D eigenvalue weighted by Crippen LogP contribution is -2.36. The van der Waals surface area contributed by atoms with Crippen LogP contribution in [0.2, 0.25) is 5.02 Å². The van der Waals surface area contributed by atoms with Crippen molar-refractivity contribution in [2.24, 2.45) is 0 Å². The largest absolute Gasteiger partial charge is 0.466 e. The molecule has 0 bridgehead atoms. The molecule has 0 spiro atoms. The van der Waals surface area contributed by atoms with Gasteiger partial charge in [0.25, 0.3) is 0 Å². The van der Waals surface area contributed by atoms with Gasteiger partial charge in [-0.1, -0.05) is 17.7 Å². The number of carbonyl (C=O) groups excluding carboxylic acids is 2. The van der Waals surface area contributed by atoms with Crippen molar-refractivity contribution in [1.82, 2.24) is 4.90 Å². The van der Waals surface area contributed by atoms with Crippen molar-refractivity contribution in [3.63, 3.8) is 0 Å². The summed E-state index contributed by atoms with van der Waals surface area (Å²) in [5.74, 6) is -0.328. The summed E-state index contributed by atoms with van der Waals surface area (Å²) in [5.41, 5.74) is 0.634. The first-order valence-electron chi connectivity index (χ1n) is 6.64. The van der Waals surface area contributed by atoms with Crippen LogP contribution in [-0.2, 0) is 9.53 Å². The number of esters is 1. The molecule has 0 aliphatic rings. The second-order valence-electron chi connectivity index (χ2n) is 4.23. The van der Waals surface area contributed by atoms with E-state index in [4.69, 9.17) is 16.3 Å². The summed E-state index contributed by atoms with van der Waals surface area (Å²) in [5, 5.41) is 3.33. The van der Waals surface area contributed by atoms with Crippen LogP contribution in [0.15, 0.2) is 36.9 Å². The van der Waals surface area contributed by atoms with Gasteiger partial charge in [-0.25, -0.2) is 4.79 Å². The zero-order chi connectivity index (χ0) is 15.7. The molecule has 2 amide bonds. The Morgan fingerprint density at radius 1 is 1.38 bits per heavy atom. The van der Waals surface area contributed by atoms with Crippen LogP contribution >= 0.6 is 11.6 Å². The number of urea groups is 1. The molecular formula is C15H19ClN2O3. The summed E-state index contributed by atoms with van der Waals surface area (Å²) in [6, 6.07) is 6.48. The molecule has 0 aliphatic heterocycles. The minimum Gasteiger partial charge on any atom is -0.466 e. The van der Waals surface area contributed by atoms with E-state index < -0.39 is 0 Å². The molecule has 0 atom stereocenters. The third-order valence-corrected chi connectivity index (χ3v) is 2.88. The van der Waals surface area contributed by atoms with Crippen LogP contribution in [-0.4, -0.2) is 36.6 Å². The number of nitrogens with zero attached hydrogens (tertiary/aromatic N) is 1. The lowest BCUT2D eigenvalue weighted by Gasteiger charge is -2.21. The van der Waals surface area contributed by atoms with Crippen molar-refractivity contribution in [1.29, 1.82) is 0 Å². The van der Waals surface area contributed by atoms with Gasteiger partial charge in [-0.15, -0.1) is 6.58 Å². The first kappa shape index (κ1) is 17.0. The first-order valence-corrected chi connectivity index (χ1v) is 7.02. The molecule has 0 aromatic heterocycles. The third kappa shape index (κ3) is 6.31. The number of hydrogen-bond acceptors (Lipinski definition) is 3. The number of hydrogen-bond donors (Lipinski definition) is 1. The molecule has 1 aromatic rings. The summed E-state index contributed by atoms with van der Waals surface area (Å²) in [7, 11) is 0. The Morgan fingerprint density at radius 3 is 2.62 bits per heavy atom. The van der Waals surface area contributed by atoms with Gasteiger partial charge in [0.15, 0.2) is 0 Å². The summed E-state index contributed by atoms with van der Waals surface area (Å²) in [4.78, 5) is 25.0. The first-order chi connectivity index (χ1) is 10.1. The molecule has 21 heavy (non-hydrogen) atoms. The number of rotatable bonds is 7. The summed E-state index contributed by atoms with van der Waals surface area (Å²) < 4.78 is 4.84. The number of halogens is 1. The number of ether oxygens (including phenoxy) is 1. The zero-order valence-corrected chi connectivity index (χ0v) is 12.7. The van der Waals surface area contributed by atoms with E-state index in [1.54, 1.807) is 37.3 Å². The van der Waals surface area contributed by atoms with Gasteiger partial charge in [0.05, 0.1) is 13.0 Å². The van der Waals surface area contributed by atoms with Gasteiger partial charge in [-0.3, -0.25) is 4.79 Å². The Balaban J connectivity index is 2.57. The highest BCUT2D eigenvalue weighted by molar-refractivity contribution is 6.30. The molecule has 1 N–H and O–H groups in total. The highest BCUT2D eigenvalue weighted by Crippen LogP contribution is 2.14. The predicted molar refractivity (Wildman–Crippen MR) is 83.5 cm³/mol. The molecule has 1 aromatic carbocycles. The van der Waals surface area contributed by atoms with E-state index >= 15 is 0 Å². The molecule has 0 heterocycles. The molecule has 5 nitrogen and oxygen atoms in total. The Kier molecular flexibility index (Phi) is 7.32. The van der Waals surface area contributed by atoms with Crippen LogP contribution in [0.3, 0.4) is 0 Å². The third-order valence-electron chi connectivity index (χ3n) is 2.62. The Hall–Kier alpha value is -2.01. The van der Waals surface area contributed by atoms with Gasteiger partial charge in [-0.2, -0.15) is 0 Å². The minimum atomic E-state index is -0.328. The molecule has 1 rings (SSSR count). The topological polar surface area (TPSA) is 58.6 Å². The molecule has 0 unspecified atom stereocenters. The van der Waals surface area contributed by atoms with E-state index in [9.17, 15) is 9.59 Å². The number of benzene rings is 1. The van der Waals surface area contributed by atoms with E-state index in [1.807, 2.05) is 0 Å². The van der Waals surface area contributed by atoms with Gasteiger partial charge in [0.2, 0.25) is 0 Å². The van der Waals surface area contributed by atoms with Gasteiger partial charge in [-0.05, 0) is 31.2 Å². The van der Waals surface area contributed by atoms with E-state index in [2.05, 4.69) is 11.9 Å². The molecule has 6 heteroatoms. The predicted octanol–water partition coefficient (Wildman–Crippen LogP) is 3.31. The minimum absolute atomic E-state index is 0.149. The normalized spacial score (nSPS) is 9.81. The summed E-state index contributed by atoms with van der Waals surface area (Å²) in [6.45, 7) is 6.30. The van der Waals surface area contributed by atoms with Crippen LogP contribution in [0.25, 0.3) is 0 Å². The van der Waals surface area contributed by atoms with E-state index in [-0.39, 0.29) is 25.0 Å². The Morgan fingerprint density at radius 2 is 2.05 bits per heavy atom. The maximum Gasteiger partial charge on any atom is 0.322 e. The van der Waals surface area contributed by atoms with Crippen molar-refractivity contribution >= 4 is 29.3 Å². The van der Waals surface area contributed by atoms with E-state index in [0.717, 1.165) is 0 Å². The van der Waals surface area contributed by atoms with E-state index in [0.29, 0.717) is 23.9 Å². The Labute approximate surface area is 129 Å². The molecule has 0 aliphatic carbocycles. The van der Waals surface area contributed by atoms with Gasteiger partial charge in [0.1, 0.15) is 0 Å². The fourth-order valence-corrected chi connectivity index (χ4v) is 1.75. The maximum atomic E-state index is 12.1. The SMILES string of the molecule is C=CCN(CCC(=O)OCC)C(=O)Nc1ccc(Cl)cc1. The number of anilines is 1. The lowest BCUT2D eigenvalue weighted by atomic mass is 10.3. The van der Waals surface area contributed by atoms with E-state index in [1.165, 1.54) is 4.90 Å². The summed E-state index contributed by atoms with van der Waals surface area (Å²) in [6.07, 6.45) is 1.75. The monoisotopic (exact) mass is 310 g/mol.